The second kappa shape index (κ2) is 6.26. The minimum atomic E-state index is -0.430. The number of piperidine rings is 1. The molecule has 1 aromatic rings. The Balaban J connectivity index is 2.22. The van der Waals surface area contributed by atoms with Crippen LogP contribution in [0.2, 0.25) is 0 Å². The number of thioether (sulfide) groups is 1. The number of amides is 1. The predicted molar refractivity (Wildman–Crippen MR) is 79.2 cm³/mol. The Labute approximate surface area is 122 Å². The van der Waals surface area contributed by atoms with Crippen LogP contribution in [-0.4, -0.2) is 35.1 Å². The molecule has 6 heteroatoms. The van der Waals surface area contributed by atoms with Gasteiger partial charge in [0.1, 0.15) is 0 Å². The van der Waals surface area contributed by atoms with E-state index in [-0.39, 0.29) is 11.6 Å². The number of nitro groups is 1. The van der Waals surface area contributed by atoms with Crippen molar-refractivity contribution >= 4 is 23.4 Å². The monoisotopic (exact) mass is 294 g/mol. The smallest absolute Gasteiger partial charge is 0.283 e. The molecule has 0 atom stereocenters. The van der Waals surface area contributed by atoms with Crippen molar-refractivity contribution < 1.29 is 9.72 Å². The van der Waals surface area contributed by atoms with Crippen LogP contribution in [0.5, 0.6) is 0 Å². The lowest BCUT2D eigenvalue weighted by Gasteiger charge is -2.30. The molecule has 108 valence electrons. The van der Waals surface area contributed by atoms with Gasteiger partial charge in [-0.1, -0.05) is 6.92 Å². The van der Waals surface area contributed by atoms with Gasteiger partial charge in [0.05, 0.1) is 9.82 Å². The first-order valence-electron chi connectivity index (χ1n) is 6.64. The average Bonchev–Trinajstić information content (AvgIpc) is 2.46. The highest BCUT2D eigenvalue weighted by atomic mass is 32.2. The first-order valence-corrected chi connectivity index (χ1v) is 7.87. The Kier molecular flexibility index (Phi) is 4.65. The summed E-state index contributed by atoms with van der Waals surface area (Å²) in [6.45, 7) is 3.65. The van der Waals surface area contributed by atoms with E-state index < -0.39 is 4.92 Å². The van der Waals surface area contributed by atoms with E-state index in [9.17, 15) is 14.9 Å². The molecule has 0 N–H and O–H groups in total. The highest BCUT2D eigenvalue weighted by molar-refractivity contribution is 7.98. The fourth-order valence-electron chi connectivity index (χ4n) is 2.36. The maximum Gasteiger partial charge on any atom is 0.283 e. The van der Waals surface area contributed by atoms with Crippen LogP contribution in [0.4, 0.5) is 5.69 Å². The lowest BCUT2D eigenvalue weighted by Crippen LogP contribution is -2.37. The van der Waals surface area contributed by atoms with E-state index in [0.29, 0.717) is 16.4 Å². The molecule has 0 spiro atoms. The number of nitro benzene ring substituents is 1. The topological polar surface area (TPSA) is 63.5 Å². The molecule has 1 amide bonds. The summed E-state index contributed by atoms with van der Waals surface area (Å²) in [6.07, 6.45) is 3.78. The van der Waals surface area contributed by atoms with Crippen molar-refractivity contribution in [3.63, 3.8) is 0 Å². The second-order valence-corrected chi connectivity index (χ2v) is 5.97. The van der Waals surface area contributed by atoms with Crippen LogP contribution < -0.4 is 0 Å². The van der Waals surface area contributed by atoms with Crippen LogP contribution in [0.15, 0.2) is 23.1 Å². The molecule has 1 aliphatic rings. The van der Waals surface area contributed by atoms with Crippen molar-refractivity contribution in [1.29, 1.82) is 0 Å². The molecule has 1 fully saturated rings. The third-order valence-corrected chi connectivity index (χ3v) is 4.48. The molecule has 0 saturated carbocycles. The molecular weight excluding hydrogens is 276 g/mol. The van der Waals surface area contributed by atoms with E-state index in [1.54, 1.807) is 23.3 Å². The van der Waals surface area contributed by atoms with E-state index in [0.717, 1.165) is 25.9 Å². The van der Waals surface area contributed by atoms with Crippen molar-refractivity contribution in [1.82, 2.24) is 4.90 Å². The van der Waals surface area contributed by atoms with E-state index >= 15 is 0 Å². The molecular formula is C14H18N2O3S. The number of carbonyl (C=O) groups is 1. The number of hydrogen-bond acceptors (Lipinski definition) is 4. The van der Waals surface area contributed by atoms with Gasteiger partial charge in [-0.3, -0.25) is 14.9 Å². The predicted octanol–water partition coefficient (Wildman–Crippen LogP) is 3.19. The Hall–Kier alpha value is -1.56. The summed E-state index contributed by atoms with van der Waals surface area (Å²) in [5, 5.41) is 11.0. The Bertz CT molecular complexity index is 525. The standard InChI is InChI=1S/C14H18N2O3S/c1-10-5-7-15(8-6-10)14(17)11-3-4-13(20-2)12(9-11)16(18)19/h3-4,9-10H,5-8H2,1-2H3. The molecule has 0 aromatic heterocycles. The van der Waals surface area contributed by atoms with Crippen molar-refractivity contribution in [2.24, 2.45) is 5.92 Å². The van der Waals surface area contributed by atoms with Gasteiger partial charge in [-0.05, 0) is 37.1 Å². The van der Waals surface area contributed by atoms with Crippen LogP contribution in [-0.2, 0) is 0 Å². The van der Waals surface area contributed by atoms with Crippen molar-refractivity contribution in [2.45, 2.75) is 24.7 Å². The van der Waals surface area contributed by atoms with Gasteiger partial charge in [-0.25, -0.2) is 0 Å². The zero-order valence-electron chi connectivity index (χ0n) is 11.7. The van der Waals surface area contributed by atoms with Crippen molar-refractivity contribution in [3.05, 3.63) is 33.9 Å². The maximum absolute atomic E-state index is 12.4. The molecule has 2 rings (SSSR count). The Morgan fingerprint density at radius 2 is 2.05 bits per heavy atom. The molecule has 5 nitrogen and oxygen atoms in total. The van der Waals surface area contributed by atoms with E-state index in [1.165, 1.54) is 17.8 Å². The Morgan fingerprint density at radius 3 is 2.60 bits per heavy atom. The summed E-state index contributed by atoms with van der Waals surface area (Å²) in [7, 11) is 0. The summed E-state index contributed by atoms with van der Waals surface area (Å²) >= 11 is 1.31. The third-order valence-electron chi connectivity index (χ3n) is 3.69. The van der Waals surface area contributed by atoms with Crippen molar-refractivity contribution in [3.8, 4) is 0 Å². The van der Waals surface area contributed by atoms with Crippen molar-refractivity contribution in [2.75, 3.05) is 19.3 Å². The van der Waals surface area contributed by atoms with Gasteiger partial charge in [0.25, 0.3) is 11.6 Å². The fraction of sp³-hybridized carbons (Fsp3) is 0.500. The van der Waals surface area contributed by atoms with E-state index in [2.05, 4.69) is 6.92 Å². The third kappa shape index (κ3) is 3.12. The van der Waals surface area contributed by atoms with Gasteiger partial charge >= 0.3 is 0 Å². The zero-order chi connectivity index (χ0) is 14.7. The number of benzene rings is 1. The molecule has 0 unspecified atom stereocenters. The molecule has 1 aliphatic heterocycles. The lowest BCUT2D eigenvalue weighted by atomic mass is 9.98. The van der Waals surface area contributed by atoms with E-state index in [4.69, 9.17) is 0 Å². The number of hydrogen-bond donors (Lipinski definition) is 0. The lowest BCUT2D eigenvalue weighted by molar-refractivity contribution is -0.387. The molecule has 0 bridgehead atoms. The summed E-state index contributed by atoms with van der Waals surface area (Å²) in [5.74, 6) is 0.542. The number of likely N-dealkylation sites (tertiary alicyclic amines) is 1. The summed E-state index contributed by atoms with van der Waals surface area (Å²) < 4.78 is 0. The van der Waals surface area contributed by atoms with E-state index in [1.807, 2.05) is 0 Å². The van der Waals surface area contributed by atoms with Gasteiger partial charge in [0.15, 0.2) is 0 Å². The second-order valence-electron chi connectivity index (χ2n) is 5.12. The van der Waals surface area contributed by atoms with Gasteiger partial charge in [0.2, 0.25) is 0 Å². The highest BCUT2D eigenvalue weighted by Gasteiger charge is 2.23. The maximum atomic E-state index is 12.4. The van der Waals surface area contributed by atoms with Crippen LogP contribution in [0.1, 0.15) is 30.1 Å². The fourth-order valence-corrected chi connectivity index (χ4v) is 2.91. The number of nitrogens with zero attached hydrogens (tertiary/aromatic N) is 2. The van der Waals surface area contributed by atoms with Crippen LogP contribution in [0.25, 0.3) is 0 Å². The van der Waals surface area contributed by atoms with Crippen LogP contribution >= 0.6 is 11.8 Å². The molecule has 1 aromatic carbocycles. The average molecular weight is 294 g/mol. The first kappa shape index (κ1) is 14.8. The zero-order valence-corrected chi connectivity index (χ0v) is 12.5. The molecule has 1 saturated heterocycles. The first-order chi connectivity index (χ1) is 9.52. The summed E-state index contributed by atoms with van der Waals surface area (Å²) in [6, 6.07) is 4.73. The molecule has 0 aliphatic carbocycles. The van der Waals surface area contributed by atoms with Gasteiger partial charge < -0.3 is 4.90 Å². The van der Waals surface area contributed by atoms with Crippen LogP contribution in [0, 0.1) is 16.0 Å². The van der Waals surface area contributed by atoms with Crippen LogP contribution in [0.3, 0.4) is 0 Å². The largest absolute Gasteiger partial charge is 0.339 e. The minimum Gasteiger partial charge on any atom is -0.339 e. The molecule has 1 heterocycles. The normalized spacial score (nSPS) is 16.2. The SMILES string of the molecule is CSc1ccc(C(=O)N2CCC(C)CC2)cc1[N+](=O)[O-]. The molecule has 20 heavy (non-hydrogen) atoms. The minimum absolute atomic E-state index is 0.00808. The summed E-state index contributed by atoms with van der Waals surface area (Å²) in [5.41, 5.74) is 0.415. The number of carbonyl (C=O) groups excluding carboxylic acids is 1. The van der Waals surface area contributed by atoms with Gasteiger partial charge in [-0.15, -0.1) is 11.8 Å². The van der Waals surface area contributed by atoms with Gasteiger partial charge in [-0.2, -0.15) is 0 Å². The summed E-state index contributed by atoms with van der Waals surface area (Å²) in [4.78, 5) is 25.4. The van der Waals surface area contributed by atoms with Gasteiger partial charge in [0, 0.05) is 24.7 Å². The molecule has 0 radical (unpaired) electrons. The quantitative estimate of drug-likeness (QED) is 0.488. The Morgan fingerprint density at radius 1 is 1.40 bits per heavy atom. The highest BCUT2D eigenvalue weighted by Crippen LogP contribution is 2.29. The number of rotatable bonds is 3.